The summed E-state index contributed by atoms with van der Waals surface area (Å²) in [6.45, 7) is 7.32. The van der Waals surface area contributed by atoms with Crippen molar-refractivity contribution < 1.29 is 0 Å². The summed E-state index contributed by atoms with van der Waals surface area (Å²) in [4.78, 5) is 0. The first-order valence-corrected chi connectivity index (χ1v) is 4.90. The molecule has 1 fully saturated rings. The molecule has 2 heteroatoms. The van der Waals surface area contributed by atoms with E-state index in [0.717, 1.165) is 8.73 Å². The van der Waals surface area contributed by atoms with Gasteiger partial charge < -0.3 is 0 Å². The third-order valence-electron chi connectivity index (χ3n) is 1.86. The van der Waals surface area contributed by atoms with E-state index in [1.165, 1.54) is 19.4 Å². The molecule has 0 aliphatic carbocycles. The molecule has 0 aromatic rings. The fourth-order valence-corrected chi connectivity index (χ4v) is 2.26. The molecule has 1 nitrogen and oxygen atoms in total. The second kappa shape index (κ2) is 3.34. The lowest BCUT2D eigenvalue weighted by molar-refractivity contribution is 0.499. The molecule has 0 aromatic carbocycles. The molecule has 0 saturated carbocycles. The summed E-state index contributed by atoms with van der Waals surface area (Å²) < 4.78 is 2.49. The van der Waals surface area contributed by atoms with Crippen LogP contribution in [0.15, 0.2) is 12.7 Å². The lowest BCUT2D eigenvalue weighted by Gasteiger charge is -2.18. The topological polar surface area (TPSA) is 3.24 Å². The molecule has 2 atom stereocenters. The van der Waals surface area contributed by atoms with Gasteiger partial charge in [0.05, 0.1) is 0 Å². The minimum atomic E-state index is 0.688. The number of hydrogen-bond donors (Lipinski definition) is 0. The van der Waals surface area contributed by atoms with Crippen molar-refractivity contribution in [2.75, 3.05) is 13.2 Å². The molecule has 9 heavy (non-hydrogen) atoms. The Balaban J connectivity index is 2.41. The van der Waals surface area contributed by atoms with Crippen LogP contribution in [-0.2, 0) is 0 Å². The first-order valence-electron chi connectivity index (χ1n) is 3.45. The lowest BCUT2D eigenvalue weighted by atomic mass is 10.2. The highest BCUT2D eigenvalue weighted by Crippen LogP contribution is 2.27. The molecule has 0 radical (unpaired) electrons. The summed E-state index contributed by atoms with van der Waals surface area (Å²) in [7, 11) is 0.961. The monoisotopic (exact) mass is 143 g/mol. The first-order chi connectivity index (χ1) is 4.38. The quantitative estimate of drug-likeness (QED) is 0.421. The molecule has 0 N–H and O–H groups in total. The molecule has 1 aliphatic rings. The fraction of sp³-hybridized carbons (Fsp3) is 0.714. The Labute approximate surface area is 59.0 Å². The summed E-state index contributed by atoms with van der Waals surface area (Å²) in [5.74, 6) is 0. The summed E-state index contributed by atoms with van der Waals surface area (Å²) in [5.41, 5.74) is 0. The van der Waals surface area contributed by atoms with Crippen LogP contribution in [0, 0.1) is 0 Å². The van der Waals surface area contributed by atoms with Gasteiger partial charge in [-0.3, -0.25) is 4.67 Å². The zero-order chi connectivity index (χ0) is 6.69. The second-order valence-corrected chi connectivity index (χ2v) is 3.38. The Morgan fingerprint density at radius 2 is 2.56 bits per heavy atom. The molecule has 0 amide bonds. The maximum absolute atomic E-state index is 3.80. The van der Waals surface area contributed by atoms with E-state index in [-0.39, 0.29) is 0 Å². The molecule has 1 saturated heterocycles. The van der Waals surface area contributed by atoms with Crippen LogP contribution in [-0.4, -0.2) is 23.9 Å². The zero-order valence-electron chi connectivity index (χ0n) is 5.93. The molecule has 0 bridgehead atoms. The van der Waals surface area contributed by atoms with E-state index < -0.39 is 0 Å². The van der Waals surface area contributed by atoms with Crippen molar-refractivity contribution in [3.63, 3.8) is 0 Å². The van der Waals surface area contributed by atoms with Gasteiger partial charge >= 0.3 is 0 Å². The van der Waals surface area contributed by atoms with Crippen LogP contribution < -0.4 is 0 Å². The van der Waals surface area contributed by atoms with Crippen molar-refractivity contribution in [2.24, 2.45) is 0 Å². The molecule has 1 aliphatic heterocycles. The van der Waals surface area contributed by atoms with Gasteiger partial charge in [0.1, 0.15) is 0 Å². The van der Waals surface area contributed by atoms with Crippen LogP contribution >= 0.6 is 8.73 Å². The van der Waals surface area contributed by atoms with E-state index in [4.69, 9.17) is 0 Å². The SMILES string of the molecule is C=CC1CCCN1PC. The van der Waals surface area contributed by atoms with Crippen molar-refractivity contribution in [2.45, 2.75) is 18.9 Å². The molecule has 52 valence electrons. The van der Waals surface area contributed by atoms with E-state index in [1.54, 1.807) is 0 Å². The van der Waals surface area contributed by atoms with Gasteiger partial charge in [-0.25, -0.2) is 0 Å². The van der Waals surface area contributed by atoms with E-state index in [1.807, 2.05) is 0 Å². The highest BCUT2D eigenvalue weighted by Gasteiger charge is 2.18. The highest BCUT2D eigenvalue weighted by molar-refractivity contribution is 7.34. The third kappa shape index (κ3) is 1.53. The van der Waals surface area contributed by atoms with E-state index in [0.29, 0.717) is 6.04 Å². The van der Waals surface area contributed by atoms with Gasteiger partial charge in [-0.2, -0.15) is 0 Å². The maximum atomic E-state index is 3.80. The number of hydrogen-bond acceptors (Lipinski definition) is 1. The smallest absolute Gasteiger partial charge is 0.0310 e. The lowest BCUT2D eigenvalue weighted by Crippen LogP contribution is -2.17. The van der Waals surface area contributed by atoms with Gasteiger partial charge in [0, 0.05) is 12.6 Å². The second-order valence-electron chi connectivity index (χ2n) is 2.36. The average molecular weight is 143 g/mol. The molecular weight excluding hydrogens is 129 g/mol. The van der Waals surface area contributed by atoms with Crippen molar-refractivity contribution in [3.8, 4) is 0 Å². The van der Waals surface area contributed by atoms with Gasteiger partial charge in [-0.15, -0.1) is 6.58 Å². The van der Waals surface area contributed by atoms with Crippen LogP contribution in [0.25, 0.3) is 0 Å². The van der Waals surface area contributed by atoms with Crippen molar-refractivity contribution >= 4 is 8.73 Å². The predicted molar refractivity (Wildman–Crippen MR) is 44.2 cm³/mol. The molecule has 0 aromatic heterocycles. The number of nitrogens with zero attached hydrogens (tertiary/aromatic N) is 1. The van der Waals surface area contributed by atoms with Crippen molar-refractivity contribution in [3.05, 3.63) is 12.7 Å². The molecular formula is C7H14NP. The maximum Gasteiger partial charge on any atom is 0.0310 e. The number of rotatable bonds is 2. The van der Waals surface area contributed by atoms with E-state index >= 15 is 0 Å². The molecule has 1 rings (SSSR count). The Hall–Kier alpha value is 0.130. The third-order valence-corrected chi connectivity index (χ3v) is 2.99. The highest BCUT2D eigenvalue weighted by atomic mass is 31.1. The van der Waals surface area contributed by atoms with Crippen LogP contribution in [0.1, 0.15) is 12.8 Å². The van der Waals surface area contributed by atoms with Crippen LogP contribution in [0.4, 0.5) is 0 Å². The van der Waals surface area contributed by atoms with Gasteiger partial charge in [0.2, 0.25) is 0 Å². The Morgan fingerprint density at radius 1 is 1.78 bits per heavy atom. The molecule has 0 spiro atoms. The van der Waals surface area contributed by atoms with Crippen molar-refractivity contribution in [1.29, 1.82) is 0 Å². The first kappa shape index (κ1) is 7.24. The zero-order valence-corrected chi connectivity index (χ0v) is 6.93. The Morgan fingerprint density at radius 3 is 3.00 bits per heavy atom. The average Bonchev–Trinajstić information content (AvgIpc) is 2.33. The standard InChI is InChI=1S/C7H14NP/c1-3-7-5-4-6-8(7)9-2/h3,7,9H,1,4-6H2,2H3. The minimum Gasteiger partial charge on any atom is -0.278 e. The molecule has 1 heterocycles. The van der Waals surface area contributed by atoms with Crippen molar-refractivity contribution in [1.82, 2.24) is 4.67 Å². The molecule has 2 unspecified atom stereocenters. The Kier molecular flexibility index (Phi) is 2.68. The van der Waals surface area contributed by atoms with Crippen LogP contribution in [0.5, 0.6) is 0 Å². The Bertz CT molecular complexity index is 103. The van der Waals surface area contributed by atoms with Gasteiger partial charge in [0.25, 0.3) is 0 Å². The van der Waals surface area contributed by atoms with Crippen LogP contribution in [0.2, 0.25) is 0 Å². The summed E-state index contributed by atoms with van der Waals surface area (Å²) in [6, 6.07) is 0.688. The fourth-order valence-electron chi connectivity index (χ4n) is 1.32. The van der Waals surface area contributed by atoms with E-state index in [2.05, 4.69) is 24.0 Å². The summed E-state index contributed by atoms with van der Waals surface area (Å²) in [5, 5.41) is 0. The predicted octanol–water partition coefficient (Wildman–Crippen LogP) is 1.86. The summed E-state index contributed by atoms with van der Waals surface area (Å²) in [6.07, 6.45) is 4.76. The van der Waals surface area contributed by atoms with Crippen LogP contribution in [0.3, 0.4) is 0 Å². The minimum absolute atomic E-state index is 0.688. The largest absolute Gasteiger partial charge is 0.278 e. The summed E-state index contributed by atoms with van der Waals surface area (Å²) >= 11 is 0. The van der Waals surface area contributed by atoms with Gasteiger partial charge in [0.15, 0.2) is 0 Å². The van der Waals surface area contributed by atoms with Gasteiger partial charge in [-0.1, -0.05) is 14.8 Å². The normalized spacial score (nSPS) is 30.1. The van der Waals surface area contributed by atoms with Gasteiger partial charge in [-0.05, 0) is 19.5 Å². The van der Waals surface area contributed by atoms with E-state index in [9.17, 15) is 0 Å².